The van der Waals surface area contributed by atoms with Gasteiger partial charge in [0.25, 0.3) is 0 Å². The molecule has 1 aliphatic rings. The average Bonchev–Trinajstić information content (AvgIpc) is 2.39. The van der Waals surface area contributed by atoms with Crippen molar-refractivity contribution in [1.29, 1.82) is 0 Å². The lowest BCUT2D eigenvalue weighted by molar-refractivity contribution is 0.171. The van der Waals surface area contributed by atoms with Crippen molar-refractivity contribution in [3.63, 3.8) is 0 Å². The van der Waals surface area contributed by atoms with Crippen LogP contribution in [0.2, 0.25) is 0 Å². The van der Waals surface area contributed by atoms with Crippen LogP contribution in [0.5, 0.6) is 11.5 Å². The monoisotopic (exact) mass is 313 g/mol. The summed E-state index contributed by atoms with van der Waals surface area (Å²) in [6, 6.07) is 4.13. The van der Waals surface area contributed by atoms with Crippen LogP contribution in [0.15, 0.2) is 16.6 Å². The first-order valence-corrected chi connectivity index (χ1v) is 7.33. The van der Waals surface area contributed by atoms with Gasteiger partial charge in [0.2, 0.25) is 0 Å². The van der Waals surface area contributed by atoms with Crippen LogP contribution in [0, 0.1) is 0 Å². The van der Waals surface area contributed by atoms with Crippen LogP contribution >= 0.6 is 15.9 Å². The number of fused-ring (bicyclic) bond motifs is 1. The second-order valence-electron chi connectivity index (χ2n) is 4.50. The Morgan fingerprint density at radius 3 is 2.56 bits per heavy atom. The summed E-state index contributed by atoms with van der Waals surface area (Å²) in [5, 5.41) is 3.17. The number of halogens is 1. The number of nitrogens with one attached hydrogen (secondary N) is 1. The maximum atomic E-state index is 5.61. The Balaban J connectivity index is 1.91. The highest BCUT2D eigenvalue weighted by molar-refractivity contribution is 9.10. The maximum absolute atomic E-state index is 5.61. The lowest BCUT2D eigenvalue weighted by atomic mass is 10.1. The van der Waals surface area contributed by atoms with E-state index < -0.39 is 0 Å². The summed E-state index contributed by atoms with van der Waals surface area (Å²) in [6.07, 6.45) is 4.78. The molecule has 0 bridgehead atoms. The van der Waals surface area contributed by atoms with E-state index in [4.69, 9.17) is 9.47 Å². The van der Waals surface area contributed by atoms with Gasteiger partial charge in [0, 0.05) is 4.47 Å². The molecule has 1 N–H and O–H groups in total. The Morgan fingerprint density at radius 2 is 1.83 bits per heavy atom. The molecule has 0 unspecified atom stereocenters. The van der Waals surface area contributed by atoms with Crippen molar-refractivity contribution in [3.05, 3.63) is 22.2 Å². The minimum atomic E-state index is 0.642. The molecule has 0 spiro atoms. The largest absolute Gasteiger partial charge is 0.486 e. The van der Waals surface area contributed by atoms with Gasteiger partial charge in [-0.25, -0.2) is 0 Å². The second kappa shape index (κ2) is 7.00. The zero-order valence-corrected chi connectivity index (χ0v) is 12.4. The third kappa shape index (κ3) is 3.62. The fourth-order valence-electron chi connectivity index (χ4n) is 2.09. The second-order valence-corrected chi connectivity index (χ2v) is 5.36. The summed E-state index contributed by atoms with van der Waals surface area (Å²) in [6.45, 7) is 2.39. The van der Waals surface area contributed by atoms with E-state index >= 15 is 0 Å². The molecule has 0 radical (unpaired) electrons. The number of benzene rings is 1. The molecular weight excluding hydrogens is 294 g/mol. The van der Waals surface area contributed by atoms with Crippen LogP contribution in [-0.4, -0.2) is 26.8 Å². The third-order valence-electron chi connectivity index (χ3n) is 3.08. The van der Waals surface area contributed by atoms with Gasteiger partial charge in [0.1, 0.15) is 13.2 Å². The molecule has 0 saturated heterocycles. The van der Waals surface area contributed by atoms with E-state index in [0.717, 1.165) is 28.9 Å². The molecule has 0 aromatic heterocycles. The molecular formula is C14H20BrNO2. The van der Waals surface area contributed by atoms with E-state index in [9.17, 15) is 0 Å². The quantitative estimate of drug-likeness (QED) is 0.818. The summed E-state index contributed by atoms with van der Waals surface area (Å²) in [5.74, 6) is 1.74. The van der Waals surface area contributed by atoms with Crippen molar-refractivity contribution < 1.29 is 9.47 Å². The molecule has 1 aliphatic heterocycles. The van der Waals surface area contributed by atoms with Crippen molar-refractivity contribution in [3.8, 4) is 11.5 Å². The molecule has 1 heterocycles. The van der Waals surface area contributed by atoms with Crippen molar-refractivity contribution in [2.24, 2.45) is 0 Å². The van der Waals surface area contributed by atoms with E-state index in [1.165, 1.54) is 24.8 Å². The summed E-state index contributed by atoms with van der Waals surface area (Å²) in [4.78, 5) is 0. The van der Waals surface area contributed by atoms with Crippen molar-refractivity contribution in [2.45, 2.75) is 25.7 Å². The molecule has 0 aliphatic carbocycles. The number of hydrogen-bond acceptors (Lipinski definition) is 3. The van der Waals surface area contributed by atoms with Gasteiger partial charge in [-0.2, -0.15) is 0 Å². The topological polar surface area (TPSA) is 30.5 Å². The van der Waals surface area contributed by atoms with Crippen molar-refractivity contribution >= 4 is 15.9 Å². The standard InChI is InChI=1S/C14H20BrNO2/c1-16-6-4-2-3-5-11-9-13-14(10-12(11)15)18-8-7-17-13/h9-10,16H,2-8H2,1H3. The van der Waals surface area contributed by atoms with E-state index in [1.54, 1.807) is 0 Å². The molecule has 18 heavy (non-hydrogen) atoms. The molecule has 1 aromatic carbocycles. The first kappa shape index (κ1) is 13.7. The molecule has 2 rings (SSSR count). The zero-order valence-electron chi connectivity index (χ0n) is 10.8. The molecule has 0 saturated carbocycles. The molecule has 4 heteroatoms. The van der Waals surface area contributed by atoms with Crippen molar-refractivity contribution in [1.82, 2.24) is 5.32 Å². The first-order chi connectivity index (χ1) is 8.81. The predicted octanol–water partition coefficient (Wildman–Crippen LogP) is 3.15. The summed E-state index contributed by atoms with van der Waals surface area (Å²) >= 11 is 3.61. The number of unbranched alkanes of at least 4 members (excludes halogenated alkanes) is 2. The SMILES string of the molecule is CNCCCCCc1cc2c(cc1Br)OCCO2. The van der Waals surface area contributed by atoms with Crippen LogP contribution in [0.25, 0.3) is 0 Å². The van der Waals surface area contributed by atoms with E-state index in [1.807, 2.05) is 13.1 Å². The smallest absolute Gasteiger partial charge is 0.162 e. The molecule has 100 valence electrons. The Labute approximate surface area is 117 Å². The molecule has 0 amide bonds. The fourth-order valence-corrected chi connectivity index (χ4v) is 2.61. The van der Waals surface area contributed by atoms with Crippen LogP contribution in [0.3, 0.4) is 0 Å². The minimum Gasteiger partial charge on any atom is -0.486 e. The highest BCUT2D eigenvalue weighted by Crippen LogP contribution is 2.36. The average molecular weight is 314 g/mol. The Hall–Kier alpha value is -0.740. The fraction of sp³-hybridized carbons (Fsp3) is 0.571. The summed E-state index contributed by atoms with van der Waals surface area (Å²) in [5.41, 5.74) is 1.31. The molecule has 3 nitrogen and oxygen atoms in total. The molecule has 0 atom stereocenters. The molecule has 1 aromatic rings. The number of hydrogen-bond donors (Lipinski definition) is 1. The Morgan fingerprint density at radius 1 is 1.11 bits per heavy atom. The van der Waals surface area contributed by atoms with Crippen LogP contribution in [-0.2, 0) is 6.42 Å². The number of rotatable bonds is 6. The highest BCUT2D eigenvalue weighted by Gasteiger charge is 2.14. The van der Waals surface area contributed by atoms with Gasteiger partial charge in [0.05, 0.1) is 0 Å². The van der Waals surface area contributed by atoms with Crippen LogP contribution < -0.4 is 14.8 Å². The lowest BCUT2D eigenvalue weighted by Crippen LogP contribution is -2.15. The first-order valence-electron chi connectivity index (χ1n) is 6.54. The molecule has 0 fully saturated rings. The van der Waals surface area contributed by atoms with Gasteiger partial charge < -0.3 is 14.8 Å². The van der Waals surface area contributed by atoms with E-state index in [-0.39, 0.29) is 0 Å². The number of aryl methyl sites for hydroxylation is 1. The normalized spacial score (nSPS) is 13.7. The van der Waals surface area contributed by atoms with E-state index in [0.29, 0.717) is 13.2 Å². The lowest BCUT2D eigenvalue weighted by Gasteiger charge is -2.20. The maximum Gasteiger partial charge on any atom is 0.162 e. The van der Waals surface area contributed by atoms with Gasteiger partial charge in [-0.3, -0.25) is 0 Å². The summed E-state index contributed by atoms with van der Waals surface area (Å²) in [7, 11) is 2.00. The zero-order chi connectivity index (χ0) is 12.8. The van der Waals surface area contributed by atoms with Gasteiger partial charge in [0.15, 0.2) is 11.5 Å². The highest BCUT2D eigenvalue weighted by atomic mass is 79.9. The van der Waals surface area contributed by atoms with Crippen LogP contribution in [0.4, 0.5) is 0 Å². The van der Waals surface area contributed by atoms with Gasteiger partial charge in [-0.1, -0.05) is 22.4 Å². The third-order valence-corrected chi connectivity index (χ3v) is 3.82. The van der Waals surface area contributed by atoms with Gasteiger partial charge >= 0.3 is 0 Å². The van der Waals surface area contributed by atoms with Gasteiger partial charge in [-0.15, -0.1) is 0 Å². The predicted molar refractivity (Wildman–Crippen MR) is 76.6 cm³/mol. The number of ether oxygens (including phenoxy) is 2. The Bertz CT molecular complexity index is 396. The van der Waals surface area contributed by atoms with E-state index in [2.05, 4.69) is 27.3 Å². The Kier molecular flexibility index (Phi) is 5.32. The van der Waals surface area contributed by atoms with Crippen molar-refractivity contribution in [2.75, 3.05) is 26.8 Å². The van der Waals surface area contributed by atoms with Crippen LogP contribution in [0.1, 0.15) is 24.8 Å². The van der Waals surface area contributed by atoms with Gasteiger partial charge in [-0.05, 0) is 50.6 Å². The minimum absolute atomic E-state index is 0.642. The summed E-state index contributed by atoms with van der Waals surface area (Å²) < 4.78 is 12.3.